The summed E-state index contributed by atoms with van der Waals surface area (Å²) < 4.78 is 8.49. The zero-order chi connectivity index (χ0) is 20.4. The van der Waals surface area contributed by atoms with Gasteiger partial charge in [-0.15, -0.1) is 10.2 Å². The number of pyridine rings is 2. The van der Waals surface area contributed by atoms with E-state index >= 15 is 0 Å². The lowest BCUT2D eigenvalue weighted by Crippen LogP contribution is -2.49. The molecule has 5 heteroatoms. The summed E-state index contributed by atoms with van der Waals surface area (Å²) in [5.74, 6) is 4.67. The van der Waals surface area contributed by atoms with E-state index in [2.05, 4.69) is 44.9 Å². The number of hydrogen-bond donors (Lipinski definition) is 0. The second-order valence-corrected chi connectivity index (χ2v) is 10.1. The van der Waals surface area contributed by atoms with Crippen molar-refractivity contribution in [2.45, 2.75) is 50.5 Å². The van der Waals surface area contributed by atoms with Crippen LogP contribution in [0.15, 0.2) is 54.9 Å². The first-order chi connectivity index (χ1) is 15.3. The Hall–Kier alpha value is -2.95. The van der Waals surface area contributed by atoms with Crippen LogP contribution in [0.3, 0.4) is 0 Å². The molecule has 0 N–H and O–H groups in total. The van der Waals surface area contributed by atoms with Crippen molar-refractivity contribution in [3.63, 3.8) is 0 Å². The summed E-state index contributed by atoms with van der Waals surface area (Å²) >= 11 is 0. The minimum atomic E-state index is 0.229. The number of aromatic nitrogens is 4. The summed E-state index contributed by atoms with van der Waals surface area (Å²) in [5.41, 5.74) is 3.13. The van der Waals surface area contributed by atoms with Gasteiger partial charge in [-0.25, -0.2) is 0 Å². The minimum Gasteiger partial charge on any atom is -0.486 e. The molecule has 1 aromatic carbocycles. The van der Waals surface area contributed by atoms with Crippen LogP contribution in [-0.2, 0) is 12.0 Å². The maximum atomic E-state index is 6.23. The molecule has 0 unspecified atom stereocenters. The van der Waals surface area contributed by atoms with Crippen molar-refractivity contribution in [1.82, 2.24) is 19.6 Å². The molecule has 8 rings (SSSR count). The van der Waals surface area contributed by atoms with Crippen molar-refractivity contribution in [3.8, 4) is 5.75 Å². The van der Waals surface area contributed by atoms with E-state index in [1.807, 2.05) is 24.4 Å². The first-order valence-corrected chi connectivity index (χ1v) is 11.6. The number of hydrogen-bond acceptors (Lipinski definition) is 4. The average Bonchev–Trinajstić information content (AvgIpc) is 3.22. The molecule has 4 bridgehead atoms. The zero-order valence-corrected chi connectivity index (χ0v) is 17.6. The highest BCUT2D eigenvalue weighted by Gasteiger charge is 2.53. The standard InChI is InChI=1S/C26H26N4O/c1-4-20-5-2-8-27-23(20)22(7-1)31-16-21-6-3-9-30-24(21)28-29-25(30)26-13-17-10-18(14-26)12-19(11-17)15-26/h1-9,17-19H,10-16H2. The molecule has 0 saturated heterocycles. The van der Waals surface area contributed by atoms with E-state index in [1.165, 1.54) is 44.3 Å². The van der Waals surface area contributed by atoms with Gasteiger partial charge in [0.1, 0.15) is 23.7 Å². The summed E-state index contributed by atoms with van der Waals surface area (Å²) in [6, 6.07) is 14.3. The fraction of sp³-hybridized carbons (Fsp3) is 0.423. The molecule has 5 nitrogen and oxygen atoms in total. The molecular formula is C26H26N4O. The Balaban J connectivity index is 1.23. The lowest BCUT2D eigenvalue weighted by atomic mass is 9.49. The monoisotopic (exact) mass is 410 g/mol. The molecule has 0 amide bonds. The van der Waals surface area contributed by atoms with Crippen molar-refractivity contribution in [1.29, 1.82) is 0 Å². The zero-order valence-electron chi connectivity index (χ0n) is 17.6. The Bertz CT molecular complexity index is 1250. The van der Waals surface area contributed by atoms with Gasteiger partial charge in [-0.3, -0.25) is 9.38 Å². The van der Waals surface area contributed by atoms with Crippen LogP contribution in [0.25, 0.3) is 16.6 Å². The molecule has 31 heavy (non-hydrogen) atoms. The fourth-order valence-electron chi connectivity index (χ4n) is 7.18. The van der Waals surface area contributed by atoms with Gasteiger partial charge in [0, 0.05) is 28.8 Å². The van der Waals surface area contributed by atoms with Gasteiger partial charge in [-0.1, -0.05) is 24.3 Å². The van der Waals surface area contributed by atoms with Crippen LogP contribution in [0.2, 0.25) is 0 Å². The molecular weight excluding hydrogens is 384 g/mol. The fourth-order valence-corrected chi connectivity index (χ4v) is 7.18. The van der Waals surface area contributed by atoms with Crippen molar-refractivity contribution in [2.75, 3.05) is 0 Å². The third-order valence-corrected chi connectivity index (χ3v) is 8.01. The Labute approximate surface area is 181 Å². The second kappa shape index (κ2) is 6.52. The van der Waals surface area contributed by atoms with Gasteiger partial charge in [-0.2, -0.15) is 0 Å². The molecule has 4 aliphatic carbocycles. The van der Waals surface area contributed by atoms with Gasteiger partial charge in [0.15, 0.2) is 5.65 Å². The molecule has 4 aliphatic rings. The predicted octanol–water partition coefficient (Wildman–Crippen LogP) is 5.32. The van der Waals surface area contributed by atoms with Crippen LogP contribution in [0.5, 0.6) is 5.75 Å². The highest BCUT2D eigenvalue weighted by Crippen LogP contribution is 2.60. The van der Waals surface area contributed by atoms with Crippen LogP contribution >= 0.6 is 0 Å². The van der Waals surface area contributed by atoms with E-state index in [9.17, 15) is 0 Å². The third-order valence-electron chi connectivity index (χ3n) is 8.01. The van der Waals surface area contributed by atoms with Crippen molar-refractivity contribution < 1.29 is 4.74 Å². The Kier molecular flexibility index (Phi) is 3.72. The van der Waals surface area contributed by atoms with E-state index in [1.54, 1.807) is 0 Å². The predicted molar refractivity (Wildman–Crippen MR) is 119 cm³/mol. The van der Waals surface area contributed by atoms with Crippen LogP contribution in [0, 0.1) is 17.8 Å². The topological polar surface area (TPSA) is 52.3 Å². The van der Waals surface area contributed by atoms with Gasteiger partial charge in [0.2, 0.25) is 0 Å². The molecule has 4 fully saturated rings. The number of ether oxygens (including phenoxy) is 1. The summed E-state index contributed by atoms with van der Waals surface area (Å²) in [5, 5.41) is 10.6. The molecule has 3 heterocycles. The van der Waals surface area contributed by atoms with Crippen LogP contribution in [-0.4, -0.2) is 19.6 Å². The minimum absolute atomic E-state index is 0.229. The largest absolute Gasteiger partial charge is 0.486 e. The Morgan fingerprint density at radius 2 is 1.68 bits per heavy atom. The summed E-state index contributed by atoms with van der Waals surface area (Å²) in [7, 11) is 0. The SMILES string of the molecule is c1cnc2c(OCc3cccn4c(C56CC7CC(CC(C7)C5)C6)nnc34)cccc2c1. The molecule has 4 saturated carbocycles. The molecule has 156 valence electrons. The number of fused-ring (bicyclic) bond motifs is 2. The molecule has 4 aromatic rings. The number of benzene rings is 1. The first-order valence-electron chi connectivity index (χ1n) is 11.6. The molecule has 0 radical (unpaired) electrons. The summed E-state index contributed by atoms with van der Waals surface area (Å²) in [6.45, 7) is 0.457. The van der Waals surface area contributed by atoms with Gasteiger partial charge in [0.05, 0.1) is 0 Å². The summed E-state index contributed by atoms with van der Waals surface area (Å²) in [6.07, 6.45) is 12.2. The van der Waals surface area contributed by atoms with E-state index in [4.69, 9.17) is 9.84 Å². The van der Waals surface area contributed by atoms with E-state index in [0.29, 0.717) is 6.61 Å². The first kappa shape index (κ1) is 17.7. The van der Waals surface area contributed by atoms with Gasteiger partial charge in [0.25, 0.3) is 0 Å². The number of rotatable bonds is 4. The highest BCUT2D eigenvalue weighted by atomic mass is 16.5. The Morgan fingerprint density at radius 3 is 2.48 bits per heavy atom. The molecule has 0 atom stereocenters. The lowest BCUT2D eigenvalue weighted by molar-refractivity contribution is -0.00984. The highest BCUT2D eigenvalue weighted by molar-refractivity contribution is 5.84. The van der Waals surface area contributed by atoms with E-state index in [0.717, 1.165) is 45.6 Å². The van der Waals surface area contributed by atoms with E-state index in [-0.39, 0.29) is 5.41 Å². The normalized spacial score (nSPS) is 29.1. The third kappa shape index (κ3) is 2.72. The van der Waals surface area contributed by atoms with Gasteiger partial charge in [-0.05, 0) is 74.5 Å². The maximum Gasteiger partial charge on any atom is 0.167 e. The molecule has 0 aliphatic heterocycles. The Morgan fingerprint density at radius 1 is 0.903 bits per heavy atom. The number of para-hydroxylation sites is 1. The van der Waals surface area contributed by atoms with Crippen molar-refractivity contribution in [3.05, 3.63) is 66.2 Å². The van der Waals surface area contributed by atoms with E-state index < -0.39 is 0 Å². The lowest BCUT2D eigenvalue weighted by Gasteiger charge is -2.55. The molecule has 3 aromatic heterocycles. The van der Waals surface area contributed by atoms with Gasteiger partial charge >= 0.3 is 0 Å². The average molecular weight is 411 g/mol. The van der Waals surface area contributed by atoms with Crippen molar-refractivity contribution >= 4 is 16.6 Å². The van der Waals surface area contributed by atoms with Crippen LogP contribution < -0.4 is 4.74 Å². The quantitative estimate of drug-likeness (QED) is 0.457. The second-order valence-electron chi connectivity index (χ2n) is 10.1. The van der Waals surface area contributed by atoms with Crippen LogP contribution in [0.1, 0.15) is 49.9 Å². The summed E-state index contributed by atoms with van der Waals surface area (Å²) in [4.78, 5) is 4.51. The van der Waals surface area contributed by atoms with Crippen LogP contribution in [0.4, 0.5) is 0 Å². The smallest absolute Gasteiger partial charge is 0.167 e. The van der Waals surface area contributed by atoms with Gasteiger partial charge < -0.3 is 4.74 Å². The number of nitrogens with zero attached hydrogens (tertiary/aromatic N) is 4. The van der Waals surface area contributed by atoms with Crippen molar-refractivity contribution in [2.24, 2.45) is 17.8 Å². The maximum absolute atomic E-state index is 6.23. The molecule has 0 spiro atoms.